The van der Waals surface area contributed by atoms with Gasteiger partial charge in [0.1, 0.15) is 5.83 Å². The summed E-state index contributed by atoms with van der Waals surface area (Å²) in [5.74, 6) is -0.267. The molecule has 0 aliphatic heterocycles. The Morgan fingerprint density at radius 3 is 2.64 bits per heavy atom. The van der Waals surface area contributed by atoms with Crippen molar-refractivity contribution in [2.24, 2.45) is 0 Å². The molecule has 0 fully saturated rings. The third-order valence-corrected chi connectivity index (χ3v) is 1.17. The van der Waals surface area contributed by atoms with Gasteiger partial charge in [-0.15, -0.1) is 0 Å². The van der Waals surface area contributed by atoms with Gasteiger partial charge in [0.15, 0.2) is 0 Å². The summed E-state index contributed by atoms with van der Waals surface area (Å²) in [5.41, 5.74) is 0.739. The van der Waals surface area contributed by atoms with Gasteiger partial charge in [-0.25, -0.2) is 4.39 Å². The first-order valence-electron chi connectivity index (χ1n) is 3.38. The highest BCUT2D eigenvalue weighted by Crippen LogP contribution is 2.04. The molecule has 0 rings (SSSR count). The molecule has 62 valence electrons. The van der Waals surface area contributed by atoms with Gasteiger partial charge in [0, 0.05) is 7.11 Å². The molecule has 11 heavy (non-hydrogen) atoms. The van der Waals surface area contributed by atoms with Crippen LogP contribution in [-0.2, 0) is 4.74 Å². The highest BCUT2D eigenvalue weighted by atomic mass is 19.1. The van der Waals surface area contributed by atoms with Crippen LogP contribution in [-0.4, -0.2) is 13.7 Å². The molecule has 1 nitrogen and oxygen atoms in total. The Morgan fingerprint density at radius 1 is 1.64 bits per heavy atom. The molecule has 0 atom stereocenters. The first-order valence-corrected chi connectivity index (χ1v) is 3.38. The van der Waals surface area contributed by atoms with Crippen LogP contribution in [0.15, 0.2) is 36.2 Å². The molecule has 0 saturated heterocycles. The number of allylic oxidation sites excluding steroid dienone is 3. The van der Waals surface area contributed by atoms with Crippen molar-refractivity contribution < 1.29 is 9.13 Å². The van der Waals surface area contributed by atoms with Crippen molar-refractivity contribution in [1.82, 2.24) is 0 Å². The van der Waals surface area contributed by atoms with Gasteiger partial charge in [-0.1, -0.05) is 18.7 Å². The molecule has 0 amide bonds. The summed E-state index contributed by atoms with van der Waals surface area (Å²) in [7, 11) is 1.56. The van der Waals surface area contributed by atoms with Crippen molar-refractivity contribution in [2.75, 3.05) is 13.7 Å². The van der Waals surface area contributed by atoms with Crippen LogP contribution >= 0.6 is 0 Å². The number of halogens is 1. The van der Waals surface area contributed by atoms with Gasteiger partial charge in [-0.05, 0) is 18.6 Å². The number of rotatable bonds is 4. The van der Waals surface area contributed by atoms with E-state index in [2.05, 4.69) is 6.58 Å². The molecule has 0 bridgehead atoms. The molecule has 0 unspecified atom stereocenters. The first-order chi connectivity index (χ1) is 5.24. The van der Waals surface area contributed by atoms with Crippen LogP contribution in [0, 0.1) is 0 Å². The number of hydrogen-bond acceptors (Lipinski definition) is 1. The van der Waals surface area contributed by atoms with Crippen molar-refractivity contribution in [3.8, 4) is 0 Å². The molecule has 0 heterocycles. The maximum atomic E-state index is 12.6. The summed E-state index contributed by atoms with van der Waals surface area (Å²) in [6.45, 7) is 5.56. The van der Waals surface area contributed by atoms with E-state index in [1.165, 1.54) is 12.2 Å². The van der Waals surface area contributed by atoms with E-state index >= 15 is 0 Å². The molecule has 0 radical (unpaired) electrons. The zero-order valence-corrected chi connectivity index (χ0v) is 6.93. The molecule has 0 aromatic rings. The number of methoxy groups -OCH3 is 1. The standard InChI is InChI=1S/C9H13FO/c1-4-8(7-11-3)6-9(10)5-2/h4-6H,1,7H2,2-3H3/b8-6+,9-5+. The first kappa shape index (κ1) is 10.1. The van der Waals surface area contributed by atoms with Gasteiger partial charge in [0.05, 0.1) is 6.61 Å². The Kier molecular flexibility index (Phi) is 5.39. The van der Waals surface area contributed by atoms with E-state index in [1.807, 2.05) is 0 Å². The van der Waals surface area contributed by atoms with E-state index in [0.717, 1.165) is 5.57 Å². The SMILES string of the molecule is C=C/C(=C\C(F)=C/C)COC. The highest BCUT2D eigenvalue weighted by Gasteiger charge is 1.91. The van der Waals surface area contributed by atoms with Crippen LogP contribution in [0.2, 0.25) is 0 Å². The maximum absolute atomic E-state index is 12.6. The molecule has 0 aliphatic rings. The summed E-state index contributed by atoms with van der Waals surface area (Å²) in [6.07, 6.45) is 4.36. The zero-order chi connectivity index (χ0) is 8.69. The minimum Gasteiger partial charge on any atom is -0.380 e. The minimum atomic E-state index is -0.267. The number of hydrogen-bond donors (Lipinski definition) is 0. The fourth-order valence-electron chi connectivity index (χ4n) is 0.587. The third-order valence-electron chi connectivity index (χ3n) is 1.17. The summed E-state index contributed by atoms with van der Waals surface area (Å²) < 4.78 is 17.4. The van der Waals surface area contributed by atoms with Gasteiger partial charge < -0.3 is 4.74 Å². The quantitative estimate of drug-likeness (QED) is 0.568. The summed E-state index contributed by atoms with van der Waals surface area (Å²) in [4.78, 5) is 0. The smallest absolute Gasteiger partial charge is 0.119 e. The number of ether oxygens (including phenoxy) is 1. The molecule has 0 N–H and O–H groups in total. The summed E-state index contributed by atoms with van der Waals surface area (Å²) >= 11 is 0. The van der Waals surface area contributed by atoms with E-state index in [9.17, 15) is 4.39 Å². The maximum Gasteiger partial charge on any atom is 0.119 e. The fourth-order valence-corrected chi connectivity index (χ4v) is 0.587. The Balaban J connectivity index is 4.22. The Morgan fingerprint density at radius 2 is 2.27 bits per heavy atom. The largest absolute Gasteiger partial charge is 0.380 e. The second kappa shape index (κ2) is 5.86. The lowest BCUT2D eigenvalue weighted by Crippen LogP contribution is -1.90. The van der Waals surface area contributed by atoms with Crippen LogP contribution in [0.4, 0.5) is 4.39 Å². The third kappa shape index (κ3) is 4.51. The van der Waals surface area contributed by atoms with Crippen molar-refractivity contribution >= 4 is 0 Å². The fraction of sp³-hybridized carbons (Fsp3) is 0.333. The molecule has 0 aromatic carbocycles. The molecular weight excluding hydrogens is 143 g/mol. The topological polar surface area (TPSA) is 9.23 Å². The molecule has 0 spiro atoms. The Hall–Kier alpha value is -0.890. The van der Waals surface area contributed by atoms with Gasteiger partial charge in [-0.3, -0.25) is 0 Å². The van der Waals surface area contributed by atoms with E-state index in [-0.39, 0.29) is 5.83 Å². The van der Waals surface area contributed by atoms with Crippen LogP contribution in [0.3, 0.4) is 0 Å². The Bertz CT molecular complexity index is 180. The lowest BCUT2D eigenvalue weighted by molar-refractivity contribution is 0.228. The van der Waals surface area contributed by atoms with Crippen LogP contribution in [0.1, 0.15) is 6.92 Å². The van der Waals surface area contributed by atoms with E-state index in [0.29, 0.717) is 6.61 Å². The second-order valence-electron chi connectivity index (χ2n) is 2.03. The molecule has 0 saturated carbocycles. The molecule has 0 aromatic heterocycles. The normalized spacial score (nSPS) is 13.4. The van der Waals surface area contributed by atoms with Crippen LogP contribution in [0.25, 0.3) is 0 Å². The minimum absolute atomic E-state index is 0.267. The van der Waals surface area contributed by atoms with Crippen molar-refractivity contribution in [3.63, 3.8) is 0 Å². The van der Waals surface area contributed by atoms with Gasteiger partial charge in [-0.2, -0.15) is 0 Å². The average Bonchev–Trinajstić information content (AvgIpc) is 2.03. The average molecular weight is 156 g/mol. The predicted molar refractivity (Wildman–Crippen MR) is 45.0 cm³/mol. The van der Waals surface area contributed by atoms with Gasteiger partial charge in [0.25, 0.3) is 0 Å². The van der Waals surface area contributed by atoms with E-state index in [1.54, 1.807) is 20.1 Å². The second-order valence-corrected chi connectivity index (χ2v) is 2.03. The summed E-state index contributed by atoms with van der Waals surface area (Å²) in [5, 5.41) is 0. The Labute approximate surface area is 66.9 Å². The zero-order valence-electron chi connectivity index (χ0n) is 6.93. The van der Waals surface area contributed by atoms with E-state index < -0.39 is 0 Å². The molecule has 0 aliphatic carbocycles. The van der Waals surface area contributed by atoms with E-state index in [4.69, 9.17) is 4.74 Å². The summed E-state index contributed by atoms with van der Waals surface area (Å²) in [6, 6.07) is 0. The van der Waals surface area contributed by atoms with Crippen LogP contribution < -0.4 is 0 Å². The van der Waals surface area contributed by atoms with Crippen molar-refractivity contribution in [3.05, 3.63) is 36.2 Å². The van der Waals surface area contributed by atoms with Crippen LogP contribution in [0.5, 0.6) is 0 Å². The van der Waals surface area contributed by atoms with Crippen molar-refractivity contribution in [1.29, 1.82) is 0 Å². The lowest BCUT2D eigenvalue weighted by Gasteiger charge is -1.97. The molecular formula is C9H13FO. The predicted octanol–water partition coefficient (Wildman–Crippen LogP) is 2.62. The van der Waals surface area contributed by atoms with Gasteiger partial charge in [0.2, 0.25) is 0 Å². The molecule has 2 heteroatoms. The lowest BCUT2D eigenvalue weighted by atomic mass is 10.2. The monoisotopic (exact) mass is 156 g/mol. The van der Waals surface area contributed by atoms with Gasteiger partial charge >= 0.3 is 0 Å². The highest BCUT2D eigenvalue weighted by molar-refractivity contribution is 5.25. The van der Waals surface area contributed by atoms with Crippen molar-refractivity contribution in [2.45, 2.75) is 6.92 Å².